The highest BCUT2D eigenvalue weighted by molar-refractivity contribution is 7.85. The summed E-state index contributed by atoms with van der Waals surface area (Å²) >= 11 is 0. The van der Waals surface area contributed by atoms with Gasteiger partial charge in [0.15, 0.2) is 0 Å². The molecule has 5 nitrogen and oxygen atoms in total. The highest BCUT2D eigenvalue weighted by Gasteiger charge is 2.21. The van der Waals surface area contributed by atoms with Gasteiger partial charge in [0.2, 0.25) is 0 Å². The molecule has 1 heterocycles. The maximum atomic E-state index is 10.9. The largest absolute Gasteiger partial charge is 0.373 e. The fraction of sp³-hybridized carbons (Fsp3) is 0.462. The van der Waals surface area contributed by atoms with Crippen molar-refractivity contribution in [2.45, 2.75) is 18.9 Å². The lowest BCUT2D eigenvalue weighted by atomic mass is 9.94. The molecule has 1 unspecified atom stereocenters. The van der Waals surface area contributed by atoms with E-state index in [-0.39, 0.29) is 12.7 Å². The monoisotopic (exact) mass is 281 g/mol. The molecule has 0 amide bonds. The number of hydrogen-bond donors (Lipinski definition) is 0. The maximum Gasteiger partial charge on any atom is 0.264 e. The van der Waals surface area contributed by atoms with Crippen molar-refractivity contribution in [1.29, 1.82) is 5.26 Å². The molecule has 6 heteroatoms. The Morgan fingerprint density at radius 1 is 1.53 bits per heavy atom. The smallest absolute Gasteiger partial charge is 0.264 e. The minimum absolute atomic E-state index is 0.100. The molecule has 1 aromatic rings. The molecule has 1 aromatic carbocycles. The Hall–Kier alpha value is -1.42. The summed E-state index contributed by atoms with van der Waals surface area (Å²) < 4.78 is 32.2. The number of rotatable bonds is 4. The number of nitrogens with zero attached hydrogens (tertiary/aromatic N) is 1. The molecule has 1 aliphatic heterocycles. The Kier molecular flexibility index (Phi) is 4.20. The molecular formula is C13H15NO4S. The van der Waals surface area contributed by atoms with Crippen LogP contribution in [0.4, 0.5) is 0 Å². The second-order valence-electron chi connectivity index (χ2n) is 4.45. The zero-order valence-electron chi connectivity index (χ0n) is 10.6. The van der Waals surface area contributed by atoms with Gasteiger partial charge in [-0.1, -0.05) is 6.07 Å². The van der Waals surface area contributed by atoms with Crippen LogP contribution in [0.5, 0.6) is 0 Å². The van der Waals surface area contributed by atoms with Crippen molar-refractivity contribution in [3.8, 4) is 6.07 Å². The van der Waals surface area contributed by atoms with E-state index in [9.17, 15) is 8.42 Å². The third-order valence-corrected chi connectivity index (χ3v) is 3.58. The number of fused-ring (bicyclic) bond motifs is 1. The molecule has 0 spiro atoms. The van der Waals surface area contributed by atoms with Gasteiger partial charge in [-0.25, -0.2) is 0 Å². The number of hydrogen-bond acceptors (Lipinski definition) is 5. The molecule has 0 aromatic heterocycles. The Labute approximate surface area is 112 Å². The van der Waals surface area contributed by atoms with Crippen LogP contribution in [-0.2, 0) is 25.5 Å². The van der Waals surface area contributed by atoms with E-state index in [0.29, 0.717) is 18.6 Å². The van der Waals surface area contributed by atoms with Crippen LogP contribution in [0.25, 0.3) is 0 Å². The van der Waals surface area contributed by atoms with Crippen LogP contribution < -0.4 is 0 Å². The topological polar surface area (TPSA) is 76.4 Å². The first-order valence-electron chi connectivity index (χ1n) is 5.98. The molecule has 0 saturated heterocycles. The van der Waals surface area contributed by atoms with Crippen molar-refractivity contribution in [2.75, 3.05) is 19.5 Å². The van der Waals surface area contributed by atoms with Crippen LogP contribution in [0.2, 0.25) is 0 Å². The van der Waals surface area contributed by atoms with Gasteiger partial charge in [-0.15, -0.1) is 0 Å². The molecule has 102 valence electrons. The van der Waals surface area contributed by atoms with Crippen molar-refractivity contribution in [2.24, 2.45) is 0 Å². The summed E-state index contributed by atoms with van der Waals surface area (Å²) in [5, 5.41) is 8.87. The van der Waals surface area contributed by atoms with Gasteiger partial charge in [0.05, 0.1) is 37.2 Å². The van der Waals surface area contributed by atoms with Crippen molar-refractivity contribution in [3.05, 3.63) is 34.9 Å². The van der Waals surface area contributed by atoms with Gasteiger partial charge in [0.1, 0.15) is 0 Å². The lowest BCUT2D eigenvalue weighted by Gasteiger charge is -2.26. The molecule has 0 N–H and O–H groups in total. The molecule has 1 aliphatic rings. The van der Waals surface area contributed by atoms with Crippen LogP contribution in [0.3, 0.4) is 0 Å². The van der Waals surface area contributed by atoms with Gasteiger partial charge in [-0.3, -0.25) is 4.18 Å². The average Bonchev–Trinajstić information content (AvgIpc) is 2.37. The molecule has 1 atom stereocenters. The SMILES string of the molecule is CS(=O)(=O)OCCC1OCCc2cc(C#N)ccc21. The van der Waals surface area contributed by atoms with Gasteiger partial charge in [0.25, 0.3) is 10.1 Å². The summed E-state index contributed by atoms with van der Waals surface area (Å²) in [6, 6.07) is 7.59. The van der Waals surface area contributed by atoms with Gasteiger partial charge >= 0.3 is 0 Å². The summed E-state index contributed by atoms with van der Waals surface area (Å²) in [7, 11) is -3.41. The molecule has 0 radical (unpaired) electrons. The predicted octanol–water partition coefficient (Wildman–Crippen LogP) is 1.54. The summed E-state index contributed by atoms with van der Waals surface area (Å²) in [5.41, 5.74) is 2.74. The molecule has 2 rings (SSSR count). The summed E-state index contributed by atoms with van der Waals surface area (Å²) in [6.07, 6.45) is 2.11. The first-order valence-corrected chi connectivity index (χ1v) is 7.80. The van der Waals surface area contributed by atoms with E-state index in [4.69, 9.17) is 14.2 Å². The van der Waals surface area contributed by atoms with Gasteiger partial charge in [0, 0.05) is 6.42 Å². The van der Waals surface area contributed by atoms with E-state index in [2.05, 4.69) is 6.07 Å². The van der Waals surface area contributed by atoms with Crippen molar-refractivity contribution >= 4 is 10.1 Å². The summed E-state index contributed by atoms with van der Waals surface area (Å²) in [6.45, 7) is 0.675. The molecule has 0 fully saturated rings. The highest BCUT2D eigenvalue weighted by atomic mass is 32.2. The highest BCUT2D eigenvalue weighted by Crippen LogP contribution is 2.30. The summed E-state index contributed by atoms with van der Waals surface area (Å²) in [4.78, 5) is 0. The first kappa shape index (κ1) is 14.0. The Bertz CT molecular complexity index is 604. The Morgan fingerprint density at radius 3 is 3.00 bits per heavy atom. The lowest BCUT2D eigenvalue weighted by molar-refractivity contribution is 0.0283. The van der Waals surface area contributed by atoms with Crippen molar-refractivity contribution in [3.63, 3.8) is 0 Å². The standard InChI is InChI=1S/C13H15NO4S/c1-19(15,16)18-7-5-13-12-3-2-10(9-14)8-11(12)4-6-17-13/h2-3,8,13H,4-7H2,1H3. The van der Waals surface area contributed by atoms with E-state index in [1.54, 1.807) is 6.07 Å². The fourth-order valence-corrected chi connectivity index (χ4v) is 2.55. The number of nitriles is 1. The van der Waals surface area contributed by atoms with Crippen LogP contribution in [-0.4, -0.2) is 27.9 Å². The molecule has 19 heavy (non-hydrogen) atoms. The van der Waals surface area contributed by atoms with E-state index >= 15 is 0 Å². The molecular weight excluding hydrogens is 266 g/mol. The fourth-order valence-electron chi connectivity index (χ4n) is 2.15. The van der Waals surface area contributed by atoms with E-state index in [0.717, 1.165) is 23.8 Å². The van der Waals surface area contributed by atoms with E-state index in [1.807, 2.05) is 12.1 Å². The predicted molar refractivity (Wildman–Crippen MR) is 69.0 cm³/mol. The van der Waals surface area contributed by atoms with Crippen molar-refractivity contribution < 1.29 is 17.3 Å². The maximum absolute atomic E-state index is 10.9. The van der Waals surface area contributed by atoms with E-state index in [1.165, 1.54) is 0 Å². The minimum atomic E-state index is -3.41. The normalized spacial score (nSPS) is 18.6. The van der Waals surface area contributed by atoms with Crippen LogP contribution in [0, 0.1) is 11.3 Å². The number of ether oxygens (including phenoxy) is 1. The second-order valence-corrected chi connectivity index (χ2v) is 6.09. The third-order valence-electron chi connectivity index (χ3n) is 2.99. The van der Waals surface area contributed by atoms with Crippen LogP contribution in [0.15, 0.2) is 18.2 Å². The molecule has 0 bridgehead atoms. The lowest BCUT2D eigenvalue weighted by Crippen LogP contribution is -2.18. The zero-order valence-corrected chi connectivity index (χ0v) is 11.4. The Morgan fingerprint density at radius 2 is 2.32 bits per heavy atom. The van der Waals surface area contributed by atoms with Crippen molar-refractivity contribution in [1.82, 2.24) is 0 Å². The number of benzene rings is 1. The van der Waals surface area contributed by atoms with Gasteiger partial charge < -0.3 is 4.74 Å². The molecule has 0 aliphatic carbocycles. The van der Waals surface area contributed by atoms with Crippen LogP contribution >= 0.6 is 0 Å². The summed E-state index contributed by atoms with van der Waals surface area (Å²) in [5.74, 6) is 0. The average molecular weight is 281 g/mol. The van der Waals surface area contributed by atoms with Gasteiger partial charge in [-0.05, 0) is 29.7 Å². The Balaban J connectivity index is 2.08. The van der Waals surface area contributed by atoms with Crippen LogP contribution in [0.1, 0.15) is 29.2 Å². The third kappa shape index (κ3) is 3.77. The van der Waals surface area contributed by atoms with E-state index < -0.39 is 10.1 Å². The zero-order chi connectivity index (χ0) is 13.9. The second kappa shape index (κ2) is 5.70. The molecule has 0 saturated carbocycles. The minimum Gasteiger partial charge on any atom is -0.373 e. The first-order chi connectivity index (χ1) is 8.99. The van der Waals surface area contributed by atoms with Gasteiger partial charge in [-0.2, -0.15) is 13.7 Å². The quantitative estimate of drug-likeness (QED) is 0.782.